The number of anilines is 1. The molecule has 3 amide bonds. The van der Waals surface area contributed by atoms with E-state index in [1.165, 1.54) is 12.3 Å². The smallest absolute Gasteiger partial charge is 0.266 e. The van der Waals surface area contributed by atoms with Gasteiger partial charge in [0.15, 0.2) is 0 Å². The van der Waals surface area contributed by atoms with Crippen molar-refractivity contribution < 1.29 is 18.8 Å². The minimum absolute atomic E-state index is 0.253. The highest BCUT2D eigenvalue weighted by atomic mass is 16.3. The van der Waals surface area contributed by atoms with E-state index in [2.05, 4.69) is 5.32 Å². The Morgan fingerprint density at radius 2 is 1.65 bits per heavy atom. The van der Waals surface area contributed by atoms with Crippen molar-refractivity contribution in [1.29, 1.82) is 0 Å². The molecule has 0 saturated carbocycles. The summed E-state index contributed by atoms with van der Waals surface area (Å²) in [6.07, 6.45) is 1.53. The van der Waals surface area contributed by atoms with Crippen LogP contribution >= 0.6 is 0 Å². The summed E-state index contributed by atoms with van der Waals surface area (Å²) < 4.78 is 5.18. The number of fused-ring (bicyclic) bond motifs is 1. The van der Waals surface area contributed by atoms with E-state index in [9.17, 15) is 14.4 Å². The van der Waals surface area contributed by atoms with Crippen LogP contribution in [0, 0.1) is 0 Å². The van der Waals surface area contributed by atoms with Gasteiger partial charge in [0.25, 0.3) is 17.7 Å². The first-order valence-corrected chi connectivity index (χ1v) is 8.03. The fourth-order valence-corrected chi connectivity index (χ4v) is 2.89. The monoisotopic (exact) mass is 346 g/mol. The van der Waals surface area contributed by atoms with Crippen LogP contribution in [0.5, 0.6) is 0 Å². The fourth-order valence-electron chi connectivity index (χ4n) is 2.89. The summed E-state index contributed by atoms with van der Waals surface area (Å²) in [5.74, 6) is -0.466. The van der Waals surface area contributed by atoms with Crippen molar-refractivity contribution in [3.63, 3.8) is 0 Å². The third-order valence-corrected chi connectivity index (χ3v) is 4.16. The van der Waals surface area contributed by atoms with Crippen LogP contribution in [-0.2, 0) is 6.54 Å². The zero-order valence-electron chi connectivity index (χ0n) is 13.6. The van der Waals surface area contributed by atoms with Gasteiger partial charge in [-0.2, -0.15) is 0 Å². The maximum absolute atomic E-state index is 12.6. The lowest BCUT2D eigenvalue weighted by Crippen LogP contribution is -2.30. The molecule has 0 atom stereocenters. The number of amides is 3. The topological polar surface area (TPSA) is 79.6 Å². The second-order valence-electron chi connectivity index (χ2n) is 5.80. The molecule has 3 aromatic rings. The van der Waals surface area contributed by atoms with Crippen molar-refractivity contribution >= 4 is 23.4 Å². The standard InChI is InChI=1S/C20H14N2O4/c23-18(21-12-15-7-4-10-26-15)13-5-3-6-14(11-13)22-19(24)16-8-1-2-9-17(16)20(22)25/h1-11H,12H2,(H,21,23). The Bertz CT molecular complexity index is 973. The zero-order chi connectivity index (χ0) is 18.1. The molecule has 2 heterocycles. The second kappa shape index (κ2) is 6.33. The molecule has 26 heavy (non-hydrogen) atoms. The Morgan fingerprint density at radius 1 is 0.923 bits per heavy atom. The second-order valence-corrected chi connectivity index (χ2v) is 5.80. The highest BCUT2D eigenvalue weighted by Crippen LogP contribution is 2.28. The summed E-state index contributed by atoms with van der Waals surface area (Å²) >= 11 is 0. The van der Waals surface area contributed by atoms with Gasteiger partial charge < -0.3 is 9.73 Å². The molecule has 1 N–H and O–H groups in total. The summed E-state index contributed by atoms with van der Waals surface area (Å²) in [6.45, 7) is 0.253. The highest BCUT2D eigenvalue weighted by molar-refractivity contribution is 6.34. The number of benzene rings is 2. The van der Waals surface area contributed by atoms with Gasteiger partial charge >= 0.3 is 0 Å². The van der Waals surface area contributed by atoms with Crippen molar-refractivity contribution in [1.82, 2.24) is 5.32 Å². The van der Waals surface area contributed by atoms with Crippen LogP contribution in [0.15, 0.2) is 71.3 Å². The molecule has 1 aliphatic rings. The lowest BCUT2D eigenvalue weighted by Gasteiger charge is -2.15. The van der Waals surface area contributed by atoms with E-state index >= 15 is 0 Å². The SMILES string of the molecule is O=C(NCc1ccco1)c1cccc(N2C(=O)c3ccccc3C2=O)c1. The predicted octanol–water partition coefficient (Wildman–Crippen LogP) is 3.01. The van der Waals surface area contributed by atoms with E-state index in [0.717, 1.165) is 4.90 Å². The number of imide groups is 1. The molecule has 2 aromatic carbocycles. The van der Waals surface area contributed by atoms with Gasteiger partial charge in [-0.25, -0.2) is 4.90 Å². The molecule has 128 valence electrons. The Balaban J connectivity index is 1.57. The Kier molecular flexibility index (Phi) is 3.85. The molecular weight excluding hydrogens is 332 g/mol. The molecule has 1 aliphatic heterocycles. The van der Waals surface area contributed by atoms with E-state index in [1.807, 2.05) is 0 Å². The van der Waals surface area contributed by atoms with Gasteiger partial charge in [-0.1, -0.05) is 18.2 Å². The van der Waals surface area contributed by atoms with Gasteiger partial charge in [-0.3, -0.25) is 14.4 Å². The van der Waals surface area contributed by atoms with Gasteiger partial charge in [0.1, 0.15) is 5.76 Å². The molecule has 0 fully saturated rings. The van der Waals surface area contributed by atoms with Crippen molar-refractivity contribution in [3.8, 4) is 0 Å². The van der Waals surface area contributed by atoms with Gasteiger partial charge in [-0.15, -0.1) is 0 Å². The van der Waals surface area contributed by atoms with E-state index in [0.29, 0.717) is 28.1 Å². The molecular formula is C20H14N2O4. The average molecular weight is 346 g/mol. The first-order valence-electron chi connectivity index (χ1n) is 8.03. The number of nitrogens with zero attached hydrogens (tertiary/aromatic N) is 1. The van der Waals surface area contributed by atoms with Gasteiger partial charge in [-0.05, 0) is 42.5 Å². The van der Waals surface area contributed by atoms with E-state index in [4.69, 9.17) is 4.42 Å². The predicted molar refractivity (Wildman–Crippen MR) is 93.9 cm³/mol. The molecule has 0 bridgehead atoms. The minimum Gasteiger partial charge on any atom is -0.467 e. The molecule has 0 saturated heterocycles. The third kappa shape index (κ3) is 2.67. The van der Waals surface area contributed by atoms with Crippen LogP contribution in [0.4, 0.5) is 5.69 Å². The number of hydrogen-bond donors (Lipinski definition) is 1. The Labute approximate surface area is 149 Å². The van der Waals surface area contributed by atoms with Crippen LogP contribution < -0.4 is 10.2 Å². The lowest BCUT2D eigenvalue weighted by atomic mass is 10.1. The van der Waals surface area contributed by atoms with Crippen LogP contribution in [0.25, 0.3) is 0 Å². The van der Waals surface area contributed by atoms with Crippen molar-refractivity contribution in [2.75, 3.05) is 4.90 Å². The Hall–Kier alpha value is -3.67. The molecule has 6 heteroatoms. The number of carbonyl (C=O) groups excluding carboxylic acids is 3. The first kappa shape index (κ1) is 15.8. The first-order chi connectivity index (χ1) is 12.6. The summed E-state index contributed by atoms with van der Waals surface area (Å²) in [7, 11) is 0. The highest BCUT2D eigenvalue weighted by Gasteiger charge is 2.36. The Morgan fingerprint density at radius 3 is 2.31 bits per heavy atom. The quantitative estimate of drug-likeness (QED) is 0.737. The molecule has 0 spiro atoms. The maximum atomic E-state index is 12.6. The van der Waals surface area contributed by atoms with Crippen molar-refractivity contribution in [3.05, 3.63) is 89.4 Å². The number of rotatable bonds is 4. The summed E-state index contributed by atoms with van der Waals surface area (Å²) in [4.78, 5) is 38.6. The summed E-state index contributed by atoms with van der Waals surface area (Å²) in [6, 6.07) is 16.6. The maximum Gasteiger partial charge on any atom is 0.266 e. The summed E-state index contributed by atoms with van der Waals surface area (Å²) in [5, 5.41) is 2.74. The van der Waals surface area contributed by atoms with Gasteiger partial charge in [0, 0.05) is 5.56 Å². The van der Waals surface area contributed by atoms with Gasteiger partial charge in [0.2, 0.25) is 0 Å². The van der Waals surface area contributed by atoms with E-state index < -0.39 is 11.8 Å². The third-order valence-electron chi connectivity index (χ3n) is 4.16. The number of hydrogen-bond acceptors (Lipinski definition) is 4. The number of furan rings is 1. The van der Waals surface area contributed by atoms with Crippen molar-refractivity contribution in [2.45, 2.75) is 6.54 Å². The van der Waals surface area contributed by atoms with Crippen molar-refractivity contribution in [2.24, 2.45) is 0 Å². The minimum atomic E-state index is -0.390. The molecule has 0 aliphatic carbocycles. The van der Waals surface area contributed by atoms with Crippen LogP contribution in [0.3, 0.4) is 0 Å². The normalized spacial score (nSPS) is 13.0. The van der Waals surface area contributed by atoms with Crippen LogP contribution in [-0.4, -0.2) is 17.7 Å². The van der Waals surface area contributed by atoms with E-state index in [-0.39, 0.29) is 12.5 Å². The molecule has 6 nitrogen and oxygen atoms in total. The van der Waals surface area contributed by atoms with Crippen LogP contribution in [0.1, 0.15) is 36.8 Å². The largest absolute Gasteiger partial charge is 0.467 e. The van der Waals surface area contributed by atoms with Gasteiger partial charge in [0.05, 0.1) is 29.6 Å². The van der Waals surface area contributed by atoms with Crippen LogP contribution in [0.2, 0.25) is 0 Å². The molecule has 1 aromatic heterocycles. The molecule has 0 unspecified atom stereocenters. The number of carbonyl (C=O) groups is 3. The molecule has 4 rings (SSSR count). The fraction of sp³-hybridized carbons (Fsp3) is 0.0500. The average Bonchev–Trinajstić information content (AvgIpc) is 3.27. The summed E-state index contributed by atoms with van der Waals surface area (Å²) in [5.41, 5.74) is 1.45. The van der Waals surface area contributed by atoms with E-state index in [1.54, 1.807) is 54.6 Å². The molecule has 0 radical (unpaired) electrons. The number of nitrogens with one attached hydrogen (secondary N) is 1. The zero-order valence-corrected chi connectivity index (χ0v) is 13.6. The lowest BCUT2D eigenvalue weighted by molar-refractivity contribution is 0.0918.